The number of aryl methyl sites for hydroxylation is 1. The van der Waals surface area contributed by atoms with Crippen molar-refractivity contribution in [2.75, 3.05) is 6.54 Å². The molecule has 124 valence electrons. The number of nitrogens with zero attached hydrogens (tertiary/aromatic N) is 5. The summed E-state index contributed by atoms with van der Waals surface area (Å²) in [6.45, 7) is 1.37. The molecule has 6 heteroatoms. The van der Waals surface area contributed by atoms with Gasteiger partial charge in [0.25, 0.3) is 0 Å². The Morgan fingerprint density at radius 1 is 0.840 bits per heavy atom. The third-order valence-electron chi connectivity index (χ3n) is 3.99. The monoisotopic (exact) mass is 330 g/mol. The summed E-state index contributed by atoms with van der Waals surface area (Å²) in [6.07, 6.45) is 2.76. The van der Waals surface area contributed by atoms with Crippen molar-refractivity contribution in [2.45, 2.75) is 13.0 Å². The van der Waals surface area contributed by atoms with Crippen molar-refractivity contribution >= 4 is 11.0 Å². The summed E-state index contributed by atoms with van der Waals surface area (Å²) in [7, 11) is 0. The quantitative estimate of drug-likeness (QED) is 0.608. The average Bonchev–Trinajstić information content (AvgIpc) is 3.15. The zero-order valence-electron chi connectivity index (χ0n) is 13.7. The smallest absolute Gasteiger partial charge is 0.133 e. The summed E-state index contributed by atoms with van der Waals surface area (Å²) in [5.41, 5.74) is 10.5. The predicted octanol–water partition coefficient (Wildman–Crippen LogP) is 2.90. The van der Waals surface area contributed by atoms with Crippen molar-refractivity contribution in [1.29, 1.82) is 0 Å². The molecule has 2 N–H and O–H groups in total. The van der Waals surface area contributed by atoms with E-state index in [0.29, 0.717) is 12.2 Å². The highest BCUT2D eigenvalue weighted by Crippen LogP contribution is 2.29. The first-order valence-corrected chi connectivity index (χ1v) is 8.28. The summed E-state index contributed by atoms with van der Waals surface area (Å²) in [4.78, 5) is 9.65. The Bertz CT molecular complexity index is 993. The molecule has 0 saturated carbocycles. The molecule has 2 aromatic heterocycles. The lowest BCUT2D eigenvalue weighted by molar-refractivity contribution is 0.564. The molecule has 4 aromatic rings. The molecule has 0 bridgehead atoms. The van der Waals surface area contributed by atoms with Gasteiger partial charge in [-0.15, -0.1) is 5.10 Å². The first kappa shape index (κ1) is 15.4. The van der Waals surface area contributed by atoms with Gasteiger partial charge in [0.2, 0.25) is 0 Å². The Morgan fingerprint density at radius 3 is 2.24 bits per heavy atom. The van der Waals surface area contributed by atoms with Crippen molar-refractivity contribution < 1.29 is 0 Å². The molecule has 0 aliphatic rings. The summed E-state index contributed by atoms with van der Waals surface area (Å²) in [5.74, 6) is 0. The first-order valence-electron chi connectivity index (χ1n) is 8.28. The Labute approximate surface area is 145 Å². The fraction of sp³-hybridized carbons (Fsp3) is 0.158. The molecule has 0 saturated heterocycles. The van der Waals surface area contributed by atoms with E-state index in [1.54, 1.807) is 4.68 Å². The van der Waals surface area contributed by atoms with Gasteiger partial charge in [-0.2, -0.15) is 0 Å². The van der Waals surface area contributed by atoms with Crippen molar-refractivity contribution in [2.24, 2.45) is 5.73 Å². The Hall–Kier alpha value is -3.12. The van der Waals surface area contributed by atoms with Crippen LogP contribution in [0.15, 0.2) is 60.8 Å². The number of hydrogen-bond acceptors (Lipinski definition) is 5. The number of rotatable bonds is 5. The van der Waals surface area contributed by atoms with E-state index in [0.717, 1.165) is 41.0 Å². The van der Waals surface area contributed by atoms with Crippen LogP contribution >= 0.6 is 0 Å². The standard InChI is InChI=1S/C19H18N6/c20-11-6-12-25-13-17(23-24-25)19-18(14-7-2-1-3-8-14)21-15-9-4-5-10-16(15)22-19/h1-5,7-10,13H,6,11-12,20H2. The van der Waals surface area contributed by atoms with E-state index in [1.807, 2.05) is 60.8 Å². The molecule has 0 fully saturated rings. The van der Waals surface area contributed by atoms with Gasteiger partial charge in [0, 0.05) is 12.1 Å². The maximum absolute atomic E-state index is 5.57. The van der Waals surface area contributed by atoms with E-state index in [-0.39, 0.29) is 0 Å². The fourth-order valence-electron chi connectivity index (χ4n) is 2.75. The van der Waals surface area contributed by atoms with Gasteiger partial charge in [0.1, 0.15) is 11.4 Å². The molecular formula is C19H18N6. The fourth-order valence-corrected chi connectivity index (χ4v) is 2.75. The van der Waals surface area contributed by atoms with Crippen molar-refractivity contribution in [3.05, 3.63) is 60.8 Å². The summed E-state index contributed by atoms with van der Waals surface area (Å²) in [6, 6.07) is 17.9. The van der Waals surface area contributed by atoms with Gasteiger partial charge >= 0.3 is 0 Å². The second-order valence-electron chi connectivity index (χ2n) is 5.78. The van der Waals surface area contributed by atoms with Crippen LogP contribution in [0.25, 0.3) is 33.7 Å². The third kappa shape index (κ3) is 3.12. The molecule has 0 aliphatic carbocycles. The number of para-hydroxylation sites is 2. The summed E-state index contributed by atoms with van der Waals surface area (Å²) < 4.78 is 1.80. The van der Waals surface area contributed by atoms with Crippen LogP contribution in [0.3, 0.4) is 0 Å². The minimum absolute atomic E-state index is 0.625. The number of nitrogens with two attached hydrogens (primary N) is 1. The Morgan fingerprint density at radius 2 is 1.52 bits per heavy atom. The second-order valence-corrected chi connectivity index (χ2v) is 5.78. The highest BCUT2D eigenvalue weighted by atomic mass is 15.4. The van der Waals surface area contributed by atoms with E-state index in [9.17, 15) is 0 Å². The molecular weight excluding hydrogens is 312 g/mol. The molecule has 0 amide bonds. The van der Waals surface area contributed by atoms with E-state index < -0.39 is 0 Å². The Kier molecular flexibility index (Phi) is 4.18. The lowest BCUT2D eigenvalue weighted by Gasteiger charge is -2.08. The number of hydrogen-bond donors (Lipinski definition) is 1. The molecule has 0 spiro atoms. The number of benzene rings is 2. The summed E-state index contributed by atoms with van der Waals surface area (Å²) >= 11 is 0. The number of fused-ring (bicyclic) bond motifs is 1. The average molecular weight is 330 g/mol. The topological polar surface area (TPSA) is 82.5 Å². The van der Waals surface area contributed by atoms with Gasteiger partial charge in [-0.25, -0.2) is 9.97 Å². The van der Waals surface area contributed by atoms with Crippen molar-refractivity contribution in [3.63, 3.8) is 0 Å². The SMILES string of the molecule is NCCCn1cc(-c2nc3ccccc3nc2-c2ccccc2)nn1. The van der Waals surface area contributed by atoms with Gasteiger partial charge in [0.15, 0.2) is 0 Å². The van der Waals surface area contributed by atoms with Crippen LogP contribution in [0, 0.1) is 0 Å². The lowest BCUT2D eigenvalue weighted by Crippen LogP contribution is -2.06. The minimum Gasteiger partial charge on any atom is -0.330 e. The Balaban J connectivity index is 1.87. The molecule has 2 heterocycles. The van der Waals surface area contributed by atoms with Gasteiger partial charge < -0.3 is 5.73 Å². The van der Waals surface area contributed by atoms with Crippen LogP contribution in [0.5, 0.6) is 0 Å². The first-order chi connectivity index (χ1) is 12.3. The zero-order chi connectivity index (χ0) is 17.1. The summed E-state index contributed by atoms with van der Waals surface area (Å²) in [5, 5.41) is 8.49. The van der Waals surface area contributed by atoms with E-state index in [4.69, 9.17) is 15.7 Å². The van der Waals surface area contributed by atoms with Crippen LogP contribution in [-0.4, -0.2) is 31.5 Å². The van der Waals surface area contributed by atoms with Crippen LogP contribution in [-0.2, 0) is 6.54 Å². The highest BCUT2D eigenvalue weighted by Gasteiger charge is 2.15. The second kappa shape index (κ2) is 6.78. The van der Waals surface area contributed by atoms with Gasteiger partial charge in [-0.3, -0.25) is 4.68 Å². The van der Waals surface area contributed by atoms with E-state index in [1.165, 1.54) is 0 Å². The molecule has 0 atom stereocenters. The lowest BCUT2D eigenvalue weighted by atomic mass is 10.1. The zero-order valence-corrected chi connectivity index (χ0v) is 13.7. The van der Waals surface area contributed by atoms with Gasteiger partial charge in [-0.05, 0) is 25.1 Å². The van der Waals surface area contributed by atoms with Gasteiger partial charge in [-0.1, -0.05) is 47.7 Å². The van der Waals surface area contributed by atoms with Crippen molar-refractivity contribution in [3.8, 4) is 22.6 Å². The normalized spacial score (nSPS) is 11.1. The molecule has 2 aromatic carbocycles. The third-order valence-corrected chi connectivity index (χ3v) is 3.99. The van der Waals surface area contributed by atoms with Crippen LogP contribution in [0.1, 0.15) is 6.42 Å². The maximum atomic E-state index is 5.57. The maximum Gasteiger partial charge on any atom is 0.133 e. The molecule has 0 aliphatic heterocycles. The van der Waals surface area contributed by atoms with Crippen molar-refractivity contribution in [1.82, 2.24) is 25.0 Å². The predicted molar refractivity (Wildman–Crippen MR) is 97.7 cm³/mol. The van der Waals surface area contributed by atoms with E-state index >= 15 is 0 Å². The molecule has 6 nitrogen and oxygen atoms in total. The molecule has 25 heavy (non-hydrogen) atoms. The molecule has 0 radical (unpaired) electrons. The number of aromatic nitrogens is 5. The highest BCUT2D eigenvalue weighted by molar-refractivity contribution is 5.84. The van der Waals surface area contributed by atoms with E-state index in [2.05, 4.69) is 10.3 Å². The van der Waals surface area contributed by atoms with Crippen LogP contribution < -0.4 is 5.73 Å². The minimum atomic E-state index is 0.625. The van der Waals surface area contributed by atoms with Crippen LogP contribution in [0.4, 0.5) is 0 Å². The molecule has 4 rings (SSSR count). The van der Waals surface area contributed by atoms with Gasteiger partial charge in [0.05, 0.1) is 22.9 Å². The largest absolute Gasteiger partial charge is 0.330 e. The van der Waals surface area contributed by atoms with Crippen LogP contribution in [0.2, 0.25) is 0 Å². The molecule has 0 unspecified atom stereocenters.